The number of amides is 3. The lowest BCUT2D eigenvalue weighted by molar-refractivity contribution is -0.149. The lowest BCUT2D eigenvalue weighted by atomic mass is 9.62. The topological polar surface area (TPSA) is 114 Å². The second kappa shape index (κ2) is 16.2. The highest BCUT2D eigenvalue weighted by atomic mass is 32.1. The first-order chi connectivity index (χ1) is 22.7. The Balaban J connectivity index is 0.00000520. The molecular weight excluding hydrogens is 627 g/mol. The largest absolute Gasteiger partial charge is 0.496 e. The van der Waals surface area contributed by atoms with Crippen molar-refractivity contribution in [3.8, 4) is 5.75 Å². The first-order valence-corrected chi connectivity index (χ1v) is 16.6. The van der Waals surface area contributed by atoms with E-state index in [1.165, 1.54) is 0 Å². The number of nitrogens with zero attached hydrogens (tertiary/aromatic N) is 1. The Morgan fingerprint density at radius 2 is 1.54 bits per heavy atom. The van der Waals surface area contributed by atoms with Crippen LogP contribution in [0.25, 0.3) is 0 Å². The number of hydrogen-bond donors (Lipinski definition) is 2. The van der Waals surface area contributed by atoms with Crippen LogP contribution in [-0.4, -0.2) is 67.5 Å². The average Bonchev–Trinajstić information content (AvgIpc) is 3.10. The molecule has 2 N–H and O–H groups in total. The molecular formula is C38H47N3O6S. The summed E-state index contributed by atoms with van der Waals surface area (Å²) in [5.74, 6) is -0.969. The minimum absolute atomic E-state index is 0. The van der Waals surface area contributed by atoms with Gasteiger partial charge in [0.1, 0.15) is 11.8 Å². The molecule has 256 valence electrons. The molecule has 1 aliphatic heterocycles. The average molecular weight is 674 g/mol. The van der Waals surface area contributed by atoms with E-state index < -0.39 is 23.3 Å². The van der Waals surface area contributed by atoms with E-state index in [-0.39, 0.29) is 49.8 Å². The summed E-state index contributed by atoms with van der Waals surface area (Å²) in [6.07, 6.45) is 2.15. The smallest absolute Gasteiger partial charge is 0.328 e. The number of fused-ring (bicyclic) bond motifs is 1. The molecule has 1 fully saturated rings. The number of carbonyl (C=O) groups excluding carboxylic acids is 4. The Hall–Kier alpha value is -4.31. The molecule has 5 rings (SSSR count). The van der Waals surface area contributed by atoms with E-state index in [4.69, 9.17) is 9.47 Å². The number of para-hydroxylation sites is 1. The number of carbonyl (C=O) groups is 4. The summed E-state index contributed by atoms with van der Waals surface area (Å²) in [5.41, 5.74) is 1.81. The second-order valence-electron chi connectivity index (χ2n) is 12.7. The van der Waals surface area contributed by atoms with E-state index in [9.17, 15) is 19.2 Å². The van der Waals surface area contributed by atoms with Crippen LogP contribution in [0.2, 0.25) is 0 Å². The third kappa shape index (κ3) is 7.38. The third-order valence-electron chi connectivity index (χ3n) is 9.54. The fourth-order valence-corrected chi connectivity index (χ4v) is 7.04. The molecule has 1 aliphatic carbocycles. The van der Waals surface area contributed by atoms with Crippen molar-refractivity contribution < 1.29 is 28.7 Å². The molecule has 10 heteroatoms. The highest BCUT2D eigenvalue weighted by Crippen LogP contribution is 2.48. The number of methoxy groups -OCH3 is 1. The number of esters is 1. The normalized spacial score (nSPS) is 19.7. The van der Waals surface area contributed by atoms with Crippen LogP contribution < -0.4 is 15.4 Å². The van der Waals surface area contributed by atoms with Crippen molar-refractivity contribution in [1.29, 1.82) is 0 Å². The van der Waals surface area contributed by atoms with Crippen LogP contribution >= 0.6 is 13.5 Å². The van der Waals surface area contributed by atoms with Crippen LogP contribution in [0.1, 0.15) is 79.4 Å². The van der Waals surface area contributed by atoms with E-state index >= 15 is 0 Å². The zero-order chi connectivity index (χ0) is 33.6. The number of nitrogens with one attached hydrogen (secondary N) is 2. The van der Waals surface area contributed by atoms with Gasteiger partial charge in [0.25, 0.3) is 5.91 Å². The molecule has 48 heavy (non-hydrogen) atoms. The van der Waals surface area contributed by atoms with Crippen LogP contribution in [0.4, 0.5) is 0 Å². The van der Waals surface area contributed by atoms with Gasteiger partial charge in [-0.25, -0.2) is 4.79 Å². The molecule has 0 spiro atoms. The van der Waals surface area contributed by atoms with Gasteiger partial charge in [-0.1, -0.05) is 80.6 Å². The number of likely N-dealkylation sites (tertiary alicyclic amines) is 1. The van der Waals surface area contributed by atoms with Gasteiger partial charge < -0.3 is 25.0 Å². The number of ether oxygens (including phenoxy) is 2. The van der Waals surface area contributed by atoms with Crippen molar-refractivity contribution in [2.45, 2.75) is 69.9 Å². The minimum atomic E-state index is -1.09. The maximum absolute atomic E-state index is 14.5. The third-order valence-corrected chi connectivity index (χ3v) is 9.54. The van der Waals surface area contributed by atoms with Gasteiger partial charge >= 0.3 is 5.97 Å². The number of benzene rings is 3. The van der Waals surface area contributed by atoms with E-state index in [1.54, 1.807) is 32.2 Å². The molecule has 3 atom stereocenters. The molecule has 3 amide bonds. The van der Waals surface area contributed by atoms with Crippen LogP contribution in [0, 0.1) is 5.92 Å². The van der Waals surface area contributed by atoms with E-state index in [1.807, 2.05) is 79.4 Å². The van der Waals surface area contributed by atoms with Crippen LogP contribution in [-0.2, 0) is 24.5 Å². The van der Waals surface area contributed by atoms with Gasteiger partial charge in [0.2, 0.25) is 11.8 Å². The molecule has 0 unspecified atom stereocenters. The summed E-state index contributed by atoms with van der Waals surface area (Å²) in [7, 11) is 1.54. The highest BCUT2D eigenvalue weighted by molar-refractivity contribution is 7.59. The first-order valence-electron chi connectivity index (χ1n) is 16.6. The maximum Gasteiger partial charge on any atom is 0.328 e. The summed E-state index contributed by atoms with van der Waals surface area (Å²) in [6, 6.07) is 23.6. The predicted octanol–water partition coefficient (Wildman–Crippen LogP) is 5.10. The number of piperidine rings is 1. The molecule has 0 bridgehead atoms. The van der Waals surface area contributed by atoms with E-state index in [0.29, 0.717) is 50.1 Å². The van der Waals surface area contributed by atoms with Gasteiger partial charge in [-0.05, 0) is 67.3 Å². The Kier molecular flexibility index (Phi) is 12.3. The van der Waals surface area contributed by atoms with Gasteiger partial charge in [0, 0.05) is 19.1 Å². The molecule has 3 aromatic rings. The fraction of sp³-hybridized carbons (Fsp3) is 0.421. The standard InChI is InChI=1S/C38H45N3O6.H2S/c1-5-47-36(44)33(25(2)3)40-37(45)38(26-13-7-6-8-14-26)22-19-29(28-15-9-11-17-31(28)38)35(43)41-23-20-27(21-24-41)39-34(42)30-16-10-12-18-32(30)46-4;/h6-18,25,27,29,33H,5,19-24H2,1-4H3,(H,39,42)(H,40,45);1H2/t29-,33+,38+;/m0./s1. The predicted molar refractivity (Wildman–Crippen MR) is 189 cm³/mol. The van der Waals surface area contributed by atoms with Gasteiger partial charge in [0.05, 0.1) is 30.6 Å². The molecule has 1 heterocycles. The maximum atomic E-state index is 14.5. The van der Waals surface area contributed by atoms with Crippen LogP contribution in [0.5, 0.6) is 5.75 Å². The van der Waals surface area contributed by atoms with Crippen molar-refractivity contribution in [2.75, 3.05) is 26.8 Å². The molecule has 3 aromatic carbocycles. The zero-order valence-electron chi connectivity index (χ0n) is 28.2. The van der Waals surface area contributed by atoms with Gasteiger partial charge in [-0.15, -0.1) is 0 Å². The molecule has 2 aliphatic rings. The molecule has 1 saturated heterocycles. The van der Waals surface area contributed by atoms with E-state index in [2.05, 4.69) is 10.6 Å². The number of rotatable bonds is 10. The number of hydrogen-bond acceptors (Lipinski definition) is 6. The first kappa shape index (κ1) is 36.5. The molecule has 9 nitrogen and oxygen atoms in total. The van der Waals surface area contributed by atoms with Gasteiger partial charge in [0.15, 0.2) is 0 Å². The fourth-order valence-electron chi connectivity index (χ4n) is 7.04. The lowest BCUT2D eigenvalue weighted by Gasteiger charge is -2.43. The van der Waals surface area contributed by atoms with Crippen molar-refractivity contribution in [1.82, 2.24) is 15.5 Å². The van der Waals surface area contributed by atoms with Crippen molar-refractivity contribution in [3.05, 3.63) is 101 Å². The minimum Gasteiger partial charge on any atom is -0.496 e. The van der Waals surface area contributed by atoms with Gasteiger partial charge in [-0.3, -0.25) is 14.4 Å². The van der Waals surface area contributed by atoms with Gasteiger partial charge in [-0.2, -0.15) is 13.5 Å². The lowest BCUT2D eigenvalue weighted by Crippen LogP contribution is -2.55. The monoisotopic (exact) mass is 673 g/mol. The summed E-state index contributed by atoms with van der Waals surface area (Å²) < 4.78 is 10.7. The summed E-state index contributed by atoms with van der Waals surface area (Å²) in [5, 5.41) is 6.16. The zero-order valence-corrected chi connectivity index (χ0v) is 29.2. The summed E-state index contributed by atoms with van der Waals surface area (Å²) >= 11 is 0. The molecule has 0 radical (unpaired) electrons. The van der Waals surface area contributed by atoms with Crippen LogP contribution in [0.15, 0.2) is 78.9 Å². The quantitative estimate of drug-likeness (QED) is 0.290. The Labute approximate surface area is 290 Å². The van der Waals surface area contributed by atoms with Crippen molar-refractivity contribution in [2.24, 2.45) is 5.92 Å². The summed E-state index contributed by atoms with van der Waals surface area (Å²) in [4.78, 5) is 56.4. The Morgan fingerprint density at radius 3 is 2.21 bits per heavy atom. The second-order valence-corrected chi connectivity index (χ2v) is 12.7. The van der Waals surface area contributed by atoms with Crippen LogP contribution in [0.3, 0.4) is 0 Å². The highest BCUT2D eigenvalue weighted by Gasteiger charge is 2.50. The molecule has 0 saturated carbocycles. The summed E-state index contributed by atoms with van der Waals surface area (Å²) in [6.45, 7) is 6.78. The van der Waals surface area contributed by atoms with E-state index in [0.717, 1.165) is 16.7 Å². The molecule has 0 aromatic heterocycles. The van der Waals surface area contributed by atoms with Crippen molar-refractivity contribution in [3.63, 3.8) is 0 Å². The van der Waals surface area contributed by atoms with Crippen molar-refractivity contribution >= 4 is 37.2 Å². The SMILES string of the molecule is CCOC(=O)[C@H](NC(=O)[C@@]1(c2ccccc2)CC[C@H](C(=O)N2CCC(NC(=O)c3ccccc3OC)CC2)c2ccccc21)C(C)C.S. The Bertz CT molecular complexity index is 1590. The Morgan fingerprint density at radius 1 is 0.896 bits per heavy atom.